The van der Waals surface area contributed by atoms with Crippen molar-refractivity contribution in [1.29, 1.82) is 0 Å². The van der Waals surface area contributed by atoms with Gasteiger partial charge in [0.2, 0.25) is 5.91 Å². The molecule has 2 aromatic carbocycles. The number of benzene rings is 2. The highest BCUT2D eigenvalue weighted by molar-refractivity contribution is 8.00. The quantitative estimate of drug-likeness (QED) is 0.510. The van der Waals surface area contributed by atoms with Gasteiger partial charge in [0.05, 0.1) is 5.75 Å². The van der Waals surface area contributed by atoms with Gasteiger partial charge in [0, 0.05) is 22.5 Å². The van der Waals surface area contributed by atoms with E-state index in [1.165, 1.54) is 18.7 Å². The van der Waals surface area contributed by atoms with Crippen molar-refractivity contribution in [3.05, 3.63) is 53.6 Å². The fourth-order valence-electron chi connectivity index (χ4n) is 1.64. The van der Waals surface area contributed by atoms with Crippen LogP contribution in [-0.2, 0) is 9.59 Å². The predicted octanol–water partition coefficient (Wildman–Crippen LogP) is 4.00. The summed E-state index contributed by atoms with van der Waals surface area (Å²) in [5, 5.41) is 3.27. The zero-order valence-electron chi connectivity index (χ0n) is 11.8. The number of nitrogens with one attached hydrogen (secondary N) is 1. The third-order valence-corrected chi connectivity index (χ3v) is 3.81. The first-order valence-corrected chi connectivity index (χ1v) is 7.86. The van der Waals surface area contributed by atoms with Crippen LogP contribution in [0.2, 0.25) is 5.02 Å². The van der Waals surface area contributed by atoms with Crippen molar-refractivity contribution in [3.63, 3.8) is 0 Å². The maximum absolute atomic E-state index is 11.8. The zero-order chi connectivity index (χ0) is 15.9. The molecular formula is C16H14ClNO3S. The Morgan fingerprint density at radius 3 is 2.32 bits per heavy atom. The minimum absolute atomic E-state index is 0.119. The number of anilines is 1. The van der Waals surface area contributed by atoms with Crippen molar-refractivity contribution in [2.45, 2.75) is 11.8 Å². The van der Waals surface area contributed by atoms with Crippen molar-refractivity contribution in [2.75, 3.05) is 11.1 Å². The van der Waals surface area contributed by atoms with Crippen molar-refractivity contribution in [1.82, 2.24) is 0 Å². The van der Waals surface area contributed by atoms with Gasteiger partial charge in [-0.1, -0.05) is 11.6 Å². The maximum atomic E-state index is 11.8. The summed E-state index contributed by atoms with van der Waals surface area (Å²) in [6, 6.07) is 13.9. The minimum atomic E-state index is -0.335. The van der Waals surface area contributed by atoms with Crippen LogP contribution in [0.4, 0.5) is 5.69 Å². The number of ether oxygens (including phenoxy) is 1. The van der Waals surface area contributed by atoms with Crippen molar-refractivity contribution < 1.29 is 14.3 Å². The van der Waals surface area contributed by atoms with Gasteiger partial charge in [-0.05, 0) is 48.5 Å². The molecule has 0 radical (unpaired) electrons. The van der Waals surface area contributed by atoms with Crippen LogP contribution < -0.4 is 10.1 Å². The highest BCUT2D eigenvalue weighted by atomic mass is 35.5. The van der Waals surface area contributed by atoms with Gasteiger partial charge in [0.25, 0.3) is 0 Å². The molecule has 0 saturated heterocycles. The van der Waals surface area contributed by atoms with E-state index in [0.717, 1.165) is 10.6 Å². The molecule has 6 heteroatoms. The van der Waals surface area contributed by atoms with Crippen molar-refractivity contribution >= 4 is 40.9 Å². The zero-order valence-corrected chi connectivity index (χ0v) is 13.4. The van der Waals surface area contributed by atoms with E-state index in [4.69, 9.17) is 16.3 Å². The van der Waals surface area contributed by atoms with E-state index in [-0.39, 0.29) is 17.6 Å². The van der Waals surface area contributed by atoms with Gasteiger partial charge in [-0.15, -0.1) is 11.8 Å². The second kappa shape index (κ2) is 7.87. The van der Waals surface area contributed by atoms with E-state index >= 15 is 0 Å². The highest BCUT2D eigenvalue weighted by Crippen LogP contribution is 2.21. The number of amides is 1. The summed E-state index contributed by atoms with van der Waals surface area (Å²) in [5.41, 5.74) is 0.723. The van der Waals surface area contributed by atoms with E-state index in [2.05, 4.69) is 5.32 Å². The fraction of sp³-hybridized carbons (Fsp3) is 0.125. The predicted molar refractivity (Wildman–Crippen MR) is 88.6 cm³/mol. The van der Waals surface area contributed by atoms with Gasteiger partial charge < -0.3 is 10.1 Å². The summed E-state index contributed by atoms with van der Waals surface area (Å²) in [6.45, 7) is 1.45. The van der Waals surface area contributed by atoms with Gasteiger partial charge in [0.15, 0.2) is 0 Å². The molecule has 2 aromatic rings. The van der Waals surface area contributed by atoms with E-state index in [1.807, 2.05) is 12.1 Å². The second-order valence-electron chi connectivity index (χ2n) is 4.42. The van der Waals surface area contributed by atoms with Crippen molar-refractivity contribution in [3.8, 4) is 5.75 Å². The Morgan fingerprint density at radius 2 is 1.73 bits per heavy atom. The molecule has 0 atom stereocenters. The SMILES string of the molecule is CC(=O)Nc1ccc(SCC(=O)Oc2ccc(Cl)cc2)cc1. The molecule has 1 amide bonds. The minimum Gasteiger partial charge on any atom is -0.426 e. The standard InChI is InChI=1S/C16H14ClNO3S/c1-11(19)18-13-4-8-15(9-5-13)22-10-16(20)21-14-6-2-12(17)3-7-14/h2-9H,10H2,1H3,(H,18,19). The summed E-state index contributed by atoms with van der Waals surface area (Å²) >= 11 is 7.13. The Bertz CT molecular complexity index is 656. The van der Waals surface area contributed by atoms with Crippen LogP contribution in [-0.4, -0.2) is 17.6 Å². The smallest absolute Gasteiger partial charge is 0.321 e. The molecule has 1 N–H and O–H groups in total. The molecule has 4 nitrogen and oxygen atoms in total. The summed E-state index contributed by atoms with van der Waals surface area (Å²) in [7, 11) is 0. The Hall–Kier alpha value is -1.98. The number of thioether (sulfide) groups is 1. The molecule has 0 saturated carbocycles. The molecule has 22 heavy (non-hydrogen) atoms. The highest BCUT2D eigenvalue weighted by Gasteiger charge is 2.06. The third kappa shape index (κ3) is 5.42. The molecular weight excluding hydrogens is 322 g/mol. The van der Waals surface area contributed by atoms with Gasteiger partial charge in [0.1, 0.15) is 5.75 Å². The first-order chi connectivity index (χ1) is 10.5. The Kier molecular flexibility index (Phi) is 5.86. The molecule has 0 heterocycles. The number of hydrogen-bond acceptors (Lipinski definition) is 4. The van der Waals surface area contributed by atoms with E-state index in [1.54, 1.807) is 36.4 Å². The third-order valence-electron chi connectivity index (χ3n) is 2.58. The summed E-state index contributed by atoms with van der Waals surface area (Å²) in [5.74, 6) is 0.212. The topological polar surface area (TPSA) is 55.4 Å². The number of carbonyl (C=O) groups is 2. The van der Waals surface area contributed by atoms with E-state index < -0.39 is 0 Å². The second-order valence-corrected chi connectivity index (χ2v) is 5.91. The number of carbonyl (C=O) groups excluding carboxylic acids is 2. The Labute approximate surface area is 137 Å². The number of hydrogen-bond donors (Lipinski definition) is 1. The Balaban J connectivity index is 1.83. The van der Waals surface area contributed by atoms with Gasteiger partial charge in [-0.2, -0.15) is 0 Å². The largest absolute Gasteiger partial charge is 0.426 e. The summed E-state index contributed by atoms with van der Waals surface area (Å²) in [6.07, 6.45) is 0. The number of rotatable bonds is 5. The lowest BCUT2D eigenvalue weighted by Crippen LogP contribution is -2.10. The van der Waals surface area contributed by atoms with Gasteiger partial charge in [-0.25, -0.2) is 0 Å². The van der Waals surface area contributed by atoms with Gasteiger partial charge >= 0.3 is 5.97 Å². The molecule has 0 aliphatic carbocycles. The molecule has 0 fully saturated rings. The average Bonchev–Trinajstić information content (AvgIpc) is 2.48. The summed E-state index contributed by atoms with van der Waals surface area (Å²) in [4.78, 5) is 23.6. The van der Waals surface area contributed by atoms with Crippen LogP contribution in [0.1, 0.15) is 6.92 Å². The molecule has 0 aromatic heterocycles. The molecule has 0 unspecified atom stereocenters. The first kappa shape index (κ1) is 16.4. The lowest BCUT2D eigenvalue weighted by Gasteiger charge is -2.05. The molecule has 0 aliphatic heterocycles. The number of halogens is 1. The van der Waals surface area contributed by atoms with Crippen LogP contribution >= 0.6 is 23.4 Å². The fourth-order valence-corrected chi connectivity index (χ4v) is 2.44. The lowest BCUT2D eigenvalue weighted by molar-refractivity contribution is -0.131. The normalized spacial score (nSPS) is 10.1. The lowest BCUT2D eigenvalue weighted by atomic mass is 10.3. The van der Waals surface area contributed by atoms with Crippen LogP contribution in [0, 0.1) is 0 Å². The molecule has 114 valence electrons. The van der Waals surface area contributed by atoms with Crippen LogP contribution in [0.5, 0.6) is 5.75 Å². The Morgan fingerprint density at radius 1 is 1.09 bits per heavy atom. The monoisotopic (exact) mass is 335 g/mol. The van der Waals surface area contributed by atoms with Crippen LogP contribution in [0.3, 0.4) is 0 Å². The van der Waals surface area contributed by atoms with E-state index in [9.17, 15) is 9.59 Å². The molecule has 0 aliphatic rings. The molecule has 0 spiro atoms. The summed E-state index contributed by atoms with van der Waals surface area (Å²) < 4.78 is 5.19. The van der Waals surface area contributed by atoms with Crippen LogP contribution in [0.15, 0.2) is 53.4 Å². The van der Waals surface area contributed by atoms with Gasteiger partial charge in [-0.3, -0.25) is 9.59 Å². The number of esters is 1. The molecule has 0 bridgehead atoms. The average molecular weight is 336 g/mol. The van der Waals surface area contributed by atoms with Crippen molar-refractivity contribution in [2.24, 2.45) is 0 Å². The first-order valence-electron chi connectivity index (χ1n) is 6.49. The van der Waals surface area contributed by atoms with E-state index in [0.29, 0.717) is 10.8 Å². The maximum Gasteiger partial charge on any atom is 0.321 e. The van der Waals surface area contributed by atoms with Crippen LogP contribution in [0.25, 0.3) is 0 Å². The molecule has 2 rings (SSSR count).